The normalized spacial score (nSPS) is 10.5. The topological polar surface area (TPSA) is 55.0 Å². The molecule has 0 amide bonds. The van der Waals surface area contributed by atoms with Crippen LogP contribution >= 0.6 is 27.5 Å². The fourth-order valence-corrected chi connectivity index (χ4v) is 2.49. The minimum atomic E-state index is -0.233. The van der Waals surface area contributed by atoms with Crippen molar-refractivity contribution in [1.82, 2.24) is 9.97 Å². The fraction of sp³-hybridized carbons (Fsp3) is 0.231. The van der Waals surface area contributed by atoms with Crippen molar-refractivity contribution in [1.29, 1.82) is 0 Å². The van der Waals surface area contributed by atoms with Gasteiger partial charge >= 0.3 is 0 Å². The number of hydrogen-bond donors (Lipinski definition) is 1. The zero-order chi connectivity index (χ0) is 14.0. The highest BCUT2D eigenvalue weighted by Gasteiger charge is 2.15. The molecular formula is C13H12BrClN2O2. The molecule has 2 rings (SSSR count). The van der Waals surface area contributed by atoms with Crippen LogP contribution in [0.25, 0.3) is 11.4 Å². The average Bonchev–Trinajstić information content (AvgIpc) is 2.41. The first-order valence-electron chi connectivity index (χ1n) is 5.70. The lowest BCUT2D eigenvalue weighted by atomic mass is 10.1. The summed E-state index contributed by atoms with van der Waals surface area (Å²) in [5, 5.41) is 0.479. The number of methoxy groups -OCH3 is 1. The van der Waals surface area contributed by atoms with Gasteiger partial charge in [0.1, 0.15) is 16.0 Å². The molecule has 1 aromatic heterocycles. The van der Waals surface area contributed by atoms with Crippen LogP contribution in [0.5, 0.6) is 5.75 Å². The summed E-state index contributed by atoms with van der Waals surface area (Å²) in [4.78, 5) is 19.0. The van der Waals surface area contributed by atoms with E-state index in [4.69, 9.17) is 16.3 Å². The predicted molar refractivity (Wildman–Crippen MR) is 78.9 cm³/mol. The van der Waals surface area contributed by atoms with Gasteiger partial charge in [0.15, 0.2) is 0 Å². The van der Waals surface area contributed by atoms with Crippen molar-refractivity contribution in [2.24, 2.45) is 0 Å². The Morgan fingerprint density at radius 3 is 2.84 bits per heavy atom. The molecule has 0 saturated carbocycles. The Morgan fingerprint density at radius 2 is 2.21 bits per heavy atom. The van der Waals surface area contributed by atoms with E-state index in [0.717, 1.165) is 0 Å². The molecule has 0 spiro atoms. The van der Waals surface area contributed by atoms with Gasteiger partial charge in [0, 0.05) is 0 Å². The molecule has 0 saturated heterocycles. The molecule has 0 aliphatic carbocycles. The number of nitrogens with zero attached hydrogens (tertiary/aromatic N) is 1. The van der Waals surface area contributed by atoms with E-state index in [0.29, 0.717) is 38.7 Å². The van der Waals surface area contributed by atoms with Crippen molar-refractivity contribution in [2.75, 3.05) is 7.11 Å². The molecule has 19 heavy (non-hydrogen) atoms. The van der Waals surface area contributed by atoms with Gasteiger partial charge in [-0.2, -0.15) is 0 Å². The summed E-state index contributed by atoms with van der Waals surface area (Å²) >= 11 is 9.41. The van der Waals surface area contributed by atoms with Crippen molar-refractivity contribution in [2.45, 2.75) is 13.3 Å². The molecule has 1 N–H and O–H groups in total. The maximum atomic E-state index is 11.9. The largest absolute Gasteiger partial charge is 0.496 e. The number of benzene rings is 1. The van der Waals surface area contributed by atoms with Crippen molar-refractivity contribution >= 4 is 27.5 Å². The average molecular weight is 344 g/mol. The minimum absolute atomic E-state index is 0.233. The Hall–Kier alpha value is -1.33. The van der Waals surface area contributed by atoms with E-state index in [9.17, 15) is 4.79 Å². The Morgan fingerprint density at radius 1 is 1.47 bits per heavy atom. The molecule has 0 radical (unpaired) electrons. The number of H-pyrrole nitrogens is 1. The number of nitrogens with one attached hydrogen (secondary N) is 1. The summed E-state index contributed by atoms with van der Waals surface area (Å²) in [6.07, 6.45) is 0.643. The third kappa shape index (κ3) is 2.67. The molecular weight excluding hydrogens is 332 g/mol. The van der Waals surface area contributed by atoms with Crippen LogP contribution in [0.3, 0.4) is 0 Å². The number of aromatic nitrogens is 2. The minimum Gasteiger partial charge on any atom is -0.496 e. The Balaban J connectivity index is 2.73. The third-order valence-electron chi connectivity index (χ3n) is 2.70. The molecule has 0 unspecified atom stereocenters. The number of aryl methyl sites for hydroxylation is 1. The summed E-state index contributed by atoms with van der Waals surface area (Å²) < 4.78 is 5.71. The van der Waals surface area contributed by atoms with E-state index in [1.54, 1.807) is 25.3 Å². The maximum Gasteiger partial charge on any atom is 0.265 e. The summed E-state index contributed by atoms with van der Waals surface area (Å²) in [7, 11) is 1.55. The van der Waals surface area contributed by atoms with Gasteiger partial charge in [-0.05, 0) is 34.5 Å². The Kier molecular flexibility index (Phi) is 4.27. The van der Waals surface area contributed by atoms with Crippen molar-refractivity contribution in [3.63, 3.8) is 0 Å². The second-order valence-electron chi connectivity index (χ2n) is 3.85. The maximum absolute atomic E-state index is 11.9. The summed E-state index contributed by atoms with van der Waals surface area (Å²) in [5.74, 6) is 0.979. The van der Waals surface area contributed by atoms with Crippen LogP contribution in [-0.4, -0.2) is 17.1 Å². The standard InChI is InChI=1S/C13H12BrClN2O2/c1-3-8-11(14)13(18)17-12(16-8)10-7(15)5-4-6-9(10)19-2/h4-6H,3H2,1-2H3,(H,16,17,18). The predicted octanol–water partition coefficient (Wildman–Crippen LogP) is 3.42. The van der Waals surface area contributed by atoms with E-state index < -0.39 is 0 Å². The summed E-state index contributed by atoms with van der Waals surface area (Å²) in [6.45, 7) is 1.93. The highest BCUT2D eigenvalue weighted by atomic mass is 79.9. The van der Waals surface area contributed by atoms with Gasteiger partial charge in [0.2, 0.25) is 0 Å². The second-order valence-corrected chi connectivity index (χ2v) is 5.05. The lowest BCUT2D eigenvalue weighted by Gasteiger charge is -2.11. The van der Waals surface area contributed by atoms with Crippen LogP contribution in [0, 0.1) is 0 Å². The van der Waals surface area contributed by atoms with Crippen LogP contribution in [0.2, 0.25) is 5.02 Å². The smallest absolute Gasteiger partial charge is 0.265 e. The summed E-state index contributed by atoms with van der Waals surface area (Å²) in [6, 6.07) is 5.28. The van der Waals surface area contributed by atoms with Crippen LogP contribution < -0.4 is 10.3 Å². The molecule has 0 fully saturated rings. The zero-order valence-corrected chi connectivity index (χ0v) is 12.8. The molecule has 6 heteroatoms. The van der Waals surface area contributed by atoms with Gasteiger partial charge in [0.05, 0.1) is 23.4 Å². The van der Waals surface area contributed by atoms with Crippen molar-refractivity contribution in [3.8, 4) is 17.1 Å². The number of aromatic amines is 1. The molecule has 0 bridgehead atoms. The molecule has 0 aliphatic rings. The van der Waals surface area contributed by atoms with E-state index in [2.05, 4.69) is 25.9 Å². The van der Waals surface area contributed by atoms with Gasteiger partial charge in [-0.3, -0.25) is 4.79 Å². The highest BCUT2D eigenvalue weighted by Crippen LogP contribution is 2.34. The summed E-state index contributed by atoms with van der Waals surface area (Å²) in [5.41, 5.74) is 1.04. The molecule has 4 nitrogen and oxygen atoms in total. The SMILES string of the molecule is CCc1nc(-c2c(Cl)cccc2OC)[nH]c(=O)c1Br. The number of ether oxygens (including phenoxy) is 1. The van der Waals surface area contributed by atoms with Crippen molar-refractivity contribution in [3.05, 3.63) is 43.7 Å². The lowest BCUT2D eigenvalue weighted by Crippen LogP contribution is -2.13. The molecule has 1 heterocycles. The van der Waals surface area contributed by atoms with Crippen molar-refractivity contribution < 1.29 is 4.74 Å². The lowest BCUT2D eigenvalue weighted by molar-refractivity contribution is 0.416. The first-order chi connectivity index (χ1) is 9.08. The van der Waals surface area contributed by atoms with Gasteiger partial charge in [0.25, 0.3) is 5.56 Å². The van der Waals surface area contributed by atoms with E-state index >= 15 is 0 Å². The quantitative estimate of drug-likeness (QED) is 0.929. The molecule has 1 aromatic carbocycles. The molecule has 0 atom stereocenters. The third-order valence-corrected chi connectivity index (χ3v) is 3.83. The zero-order valence-electron chi connectivity index (χ0n) is 10.5. The molecule has 2 aromatic rings. The van der Waals surface area contributed by atoms with Crippen LogP contribution in [0.1, 0.15) is 12.6 Å². The van der Waals surface area contributed by atoms with Gasteiger partial charge in [-0.1, -0.05) is 24.6 Å². The van der Waals surface area contributed by atoms with Gasteiger partial charge in [-0.25, -0.2) is 4.98 Å². The van der Waals surface area contributed by atoms with Gasteiger partial charge in [-0.15, -0.1) is 0 Å². The highest BCUT2D eigenvalue weighted by molar-refractivity contribution is 9.10. The fourth-order valence-electron chi connectivity index (χ4n) is 1.76. The Labute approximate surface area is 123 Å². The monoisotopic (exact) mass is 342 g/mol. The van der Waals surface area contributed by atoms with Crippen LogP contribution in [0.4, 0.5) is 0 Å². The van der Waals surface area contributed by atoms with E-state index in [-0.39, 0.29) is 5.56 Å². The first kappa shape index (κ1) is 14.1. The van der Waals surface area contributed by atoms with E-state index in [1.165, 1.54) is 0 Å². The van der Waals surface area contributed by atoms with E-state index in [1.807, 2.05) is 6.92 Å². The first-order valence-corrected chi connectivity index (χ1v) is 6.87. The number of hydrogen-bond acceptors (Lipinski definition) is 3. The number of halogens is 2. The van der Waals surface area contributed by atoms with Crippen LogP contribution in [0.15, 0.2) is 27.5 Å². The second kappa shape index (κ2) is 5.75. The van der Waals surface area contributed by atoms with Crippen LogP contribution in [-0.2, 0) is 6.42 Å². The molecule has 0 aliphatic heterocycles. The molecule has 100 valence electrons. The van der Waals surface area contributed by atoms with Gasteiger partial charge < -0.3 is 9.72 Å². The Bertz CT molecular complexity index is 670. The number of rotatable bonds is 3.